The summed E-state index contributed by atoms with van der Waals surface area (Å²) in [6.07, 6.45) is 1.92. The van der Waals surface area contributed by atoms with E-state index in [0.717, 1.165) is 16.2 Å². The average molecular weight is 299 g/mol. The number of amides is 1. The van der Waals surface area contributed by atoms with E-state index in [9.17, 15) is 4.79 Å². The van der Waals surface area contributed by atoms with Gasteiger partial charge in [0.15, 0.2) is 4.96 Å². The summed E-state index contributed by atoms with van der Waals surface area (Å²) in [5.41, 5.74) is 3.80. The molecule has 0 saturated heterocycles. The van der Waals surface area contributed by atoms with E-state index in [1.807, 2.05) is 29.8 Å². The van der Waals surface area contributed by atoms with Gasteiger partial charge in [-0.15, -0.1) is 11.3 Å². The number of aryl methyl sites for hydroxylation is 1. The molecule has 3 aromatic rings. The Morgan fingerprint density at radius 1 is 1.29 bits per heavy atom. The zero-order chi connectivity index (χ0) is 15.0. The Morgan fingerprint density at radius 3 is 2.67 bits per heavy atom. The number of rotatable bonds is 3. The summed E-state index contributed by atoms with van der Waals surface area (Å²) in [6, 6.07) is 8.35. The molecule has 1 N–H and O–H groups in total. The Morgan fingerprint density at radius 2 is 2.00 bits per heavy atom. The maximum Gasteiger partial charge on any atom is 0.269 e. The van der Waals surface area contributed by atoms with Crippen LogP contribution >= 0.6 is 11.3 Å². The number of benzene rings is 1. The maximum atomic E-state index is 12.2. The van der Waals surface area contributed by atoms with Crippen molar-refractivity contribution >= 4 is 22.2 Å². The van der Waals surface area contributed by atoms with Gasteiger partial charge in [0, 0.05) is 23.2 Å². The Labute approximate surface area is 127 Å². The van der Waals surface area contributed by atoms with Crippen molar-refractivity contribution in [3.63, 3.8) is 0 Å². The lowest BCUT2D eigenvalue weighted by atomic mass is 10.1. The number of hydrogen-bond acceptors (Lipinski definition) is 3. The van der Waals surface area contributed by atoms with Gasteiger partial charge in [-0.2, -0.15) is 0 Å². The molecule has 2 heterocycles. The van der Waals surface area contributed by atoms with Gasteiger partial charge in [-0.1, -0.05) is 29.8 Å². The van der Waals surface area contributed by atoms with Crippen LogP contribution in [0.15, 0.2) is 35.8 Å². The number of nitrogens with zero attached hydrogens (tertiary/aromatic N) is 2. The van der Waals surface area contributed by atoms with E-state index in [0.29, 0.717) is 5.69 Å². The number of carbonyl (C=O) groups excluding carboxylic acids is 1. The van der Waals surface area contributed by atoms with Crippen LogP contribution in [0.1, 0.15) is 29.9 Å². The maximum absolute atomic E-state index is 12.2. The van der Waals surface area contributed by atoms with Gasteiger partial charge in [0.25, 0.3) is 5.91 Å². The smallest absolute Gasteiger partial charge is 0.269 e. The summed E-state index contributed by atoms with van der Waals surface area (Å²) in [6.45, 7) is 5.96. The van der Waals surface area contributed by atoms with E-state index in [1.54, 1.807) is 0 Å². The number of fused-ring (bicyclic) bond motifs is 1. The summed E-state index contributed by atoms with van der Waals surface area (Å²) in [4.78, 5) is 17.6. The van der Waals surface area contributed by atoms with Crippen molar-refractivity contribution in [2.75, 3.05) is 0 Å². The van der Waals surface area contributed by atoms with E-state index >= 15 is 0 Å². The topological polar surface area (TPSA) is 46.4 Å². The number of aromatic nitrogens is 2. The lowest BCUT2D eigenvalue weighted by Gasteiger charge is -2.06. The highest BCUT2D eigenvalue weighted by Gasteiger charge is 2.15. The van der Waals surface area contributed by atoms with Crippen molar-refractivity contribution in [2.45, 2.75) is 26.8 Å². The van der Waals surface area contributed by atoms with E-state index < -0.39 is 0 Å². The molecule has 2 aromatic heterocycles. The SMILES string of the molecule is Cc1ccc(-c2cn3c(C(=O)NC(C)C)csc3n2)cc1. The lowest BCUT2D eigenvalue weighted by Crippen LogP contribution is -2.30. The van der Waals surface area contributed by atoms with Gasteiger partial charge in [0.2, 0.25) is 0 Å². The summed E-state index contributed by atoms with van der Waals surface area (Å²) >= 11 is 1.48. The largest absolute Gasteiger partial charge is 0.349 e. The summed E-state index contributed by atoms with van der Waals surface area (Å²) in [7, 11) is 0. The zero-order valence-corrected chi connectivity index (χ0v) is 13.1. The first-order valence-corrected chi connectivity index (χ1v) is 7.77. The van der Waals surface area contributed by atoms with E-state index in [-0.39, 0.29) is 11.9 Å². The van der Waals surface area contributed by atoms with Gasteiger partial charge < -0.3 is 5.32 Å². The zero-order valence-electron chi connectivity index (χ0n) is 12.3. The molecule has 0 aliphatic heterocycles. The van der Waals surface area contributed by atoms with Crippen molar-refractivity contribution < 1.29 is 4.79 Å². The summed E-state index contributed by atoms with van der Waals surface area (Å²) in [5.74, 6) is -0.0656. The fourth-order valence-corrected chi connectivity index (χ4v) is 3.00. The molecule has 0 aliphatic rings. The second kappa shape index (κ2) is 5.33. The Kier molecular flexibility index (Phi) is 3.51. The fourth-order valence-electron chi connectivity index (χ4n) is 2.15. The van der Waals surface area contributed by atoms with Gasteiger partial charge in [-0.3, -0.25) is 9.20 Å². The van der Waals surface area contributed by atoms with E-state index in [4.69, 9.17) is 0 Å². The highest BCUT2D eigenvalue weighted by atomic mass is 32.1. The van der Waals surface area contributed by atoms with E-state index in [1.165, 1.54) is 16.9 Å². The molecule has 0 fully saturated rings. The quantitative estimate of drug-likeness (QED) is 0.804. The number of imidazole rings is 1. The number of thiazole rings is 1. The predicted molar refractivity (Wildman–Crippen MR) is 85.8 cm³/mol. The monoisotopic (exact) mass is 299 g/mol. The normalized spacial score (nSPS) is 11.2. The van der Waals surface area contributed by atoms with Crippen molar-refractivity contribution in [1.82, 2.24) is 14.7 Å². The Hall–Kier alpha value is -2.14. The van der Waals surface area contributed by atoms with Crippen molar-refractivity contribution in [1.29, 1.82) is 0 Å². The molecule has 0 bridgehead atoms. The molecular formula is C16H17N3OS. The minimum absolute atomic E-state index is 0.0656. The van der Waals surface area contributed by atoms with Gasteiger partial charge in [-0.05, 0) is 20.8 Å². The van der Waals surface area contributed by atoms with Crippen LogP contribution in [0.25, 0.3) is 16.2 Å². The molecular weight excluding hydrogens is 282 g/mol. The first kappa shape index (κ1) is 13.8. The summed E-state index contributed by atoms with van der Waals surface area (Å²) < 4.78 is 1.86. The highest BCUT2D eigenvalue weighted by Crippen LogP contribution is 2.24. The van der Waals surface area contributed by atoms with Gasteiger partial charge >= 0.3 is 0 Å². The first-order chi connectivity index (χ1) is 10.0. The Bertz CT molecular complexity index is 784. The molecule has 108 valence electrons. The molecule has 0 saturated carbocycles. The average Bonchev–Trinajstić information content (AvgIpc) is 2.98. The number of hydrogen-bond donors (Lipinski definition) is 1. The molecule has 1 amide bonds. The fraction of sp³-hybridized carbons (Fsp3) is 0.250. The minimum atomic E-state index is -0.0656. The summed E-state index contributed by atoms with van der Waals surface area (Å²) in [5, 5.41) is 4.76. The lowest BCUT2D eigenvalue weighted by molar-refractivity contribution is 0.0937. The second-order valence-corrected chi connectivity index (χ2v) is 6.23. The molecule has 0 atom stereocenters. The van der Waals surface area contributed by atoms with Crippen LogP contribution in [0, 0.1) is 6.92 Å². The van der Waals surface area contributed by atoms with Crippen molar-refractivity contribution in [3.05, 3.63) is 47.1 Å². The number of nitrogens with one attached hydrogen (secondary N) is 1. The first-order valence-electron chi connectivity index (χ1n) is 6.89. The standard InChI is InChI=1S/C16H17N3OS/c1-10(2)17-15(20)14-9-21-16-18-13(8-19(14)16)12-6-4-11(3)5-7-12/h4-10H,1-3H3,(H,17,20). The van der Waals surface area contributed by atoms with Gasteiger partial charge in [0.1, 0.15) is 5.69 Å². The molecule has 0 unspecified atom stereocenters. The Balaban J connectivity index is 1.99. The van der Waals surface area contributed by atoms with Crippen LogP contribution in [-0.4, -0.2) is 21.3 Å². The van der Waals surface area contributed by atoms with Gasteiger partial charge in [0.05, 0.1) is 5.69 Å². The minimum Gasteiger partial charge on any atom is -0.349 e. The third-order valence-corrected chi connectivity index (χ3v) is 4.05. The third-order valence-electron chi connectivity index (χ3n) is 3.21. The van der Waals surface area contributed by atoms with Crippen LogP contribution < -0.4 is 5.32 Å². The van der Waals surface area contributed by atoms with E-state index in [2.05, 4.69) is 41.5 Å². The van der Waals surface area contributed by atoms with Crippen LogP contribution in [0.3, 0.4) is 0 Å². The molecule has 0 radical (unpaired) electrons. The van der Waals surface area contributed by atoms with Crippen molar-refractivity contribution in [2.24, 2.45) is 0 Å². The molecule has 4 nitrogen and oxygen atoms in total. The highest BCUT2D eigenvalue weighted by molar-refractivity contribution is 7.15. The van der Waals surface area contributed by atoms with Crippen LogP contribution in [0.2, 0.25) is 0 Å². The predicted octanol–water partition coefficient (Wildman–Crippen LogP) is 3.51. The van der Waals surface area contributed by atoms with Crippen LogP contribution in [-0.2, 0) is 0 Å². The molecule has 5 heteroatoms. The van der Waals surface area contributed by atoms with Crippen LogP contribution in [0.4, 0.5) is 0 Å². The molecule has 1 aromatic carbocycles. The van der Waals surface area contributed by atoms with Gasteiger partial charge in [-0.25, -0.2) is 4.98 Å². The number of carbonyl (C=O) groups is 1. The molecule has 0 spiro atoms. The third kappa shape index (κ3) is 2.69. The van der Waals surface area contributed by atoms with Crippen LogP contribution in [0.5, 0.6) is 0 Å². The molecule has 21 heavy (non-hydrogen) atoms. The van der Waals surface area contributed by atoms with Crippen molar-refractivity contribution in [3.8, 4) is 11.3 Å². The molecule has 3 rings (SSSR count). The second-order valence-electron chi connectivity index (χ2n) is 5.39. The molecule has 0 aliphatic carbocycles.